The molecule has 0 aliphatic rings. The quantitative estimate of drug-likeness (QED) is 0.443. The van der Waals surface area contributed by atoms with Crippen molar-refractivity contribution in [2.75, 3.05) is 18.1 Å². The van der Waals surface area contributed by atoms with E-state index in [1.54, 1.807) is 18.5 Å². The van der Waals surface area contributed by atoms with E-state index in [1.165, 1.54) is 12.1 Å². The summed E-state index contributed by atoms with van der Waals surface area (Å²) >= 11 is 0. The predicted molar refractivity (Wildman–Crippen MR) is 122 cm³/mol. The van der Waals surface area contributed by atoms with Crippen molar-refractivity contribution in [1.82, 2.24) is 9.97 Å². The lowest BCUT2D eigenvalue weighted by Crippen LogP contribution is -2.27. The van der Waals surface area contributed by atoms with E-state index in [0.717, 1.165) is 35.2 Å². The summed E-state index contributed by atoms with van der Waals surface area (Å²) in [7, 11) is 0. The van der Waals surface area contributed by atoms with Gasteiger partial charge in [-0.3, -0.25) is 0 Å². The molecule has 34 heavy (non-hydrogen) atoms. The van der Waals surface area contributed by atoms with Crippen LogP contribution in [0.1, 0.15) is 34.7 Å². The minimum atomic E-state index is -4.38. The van der Waals surface area contributed by atoms with Gasteiger partial charge in [0.1, 0.15) is 5.75 Å². The third-order valence-electron chi connectivity index (χ3n) is 5.30. The van der Waals surface area contributed by atoms with E-state index in [2.05, 4.69) is 9.97 Å². The minimum Gasteiger partial charge on any atom is -0.482 e. The van der Waals surface area contributed by atoms with Crippen LogP contribution in [0.4, 0.5) is 19.1 Å². The molecule has 0 aliphatic heterocycles. The predicted octanol–water partition coefficient (Wildman–Crippen LogP) is 5.08. The fraction of sp³-hybridized carbons (Fsp3) is 0.320. The molecule has 0 bridgehead atoms. The average molecular weight is 473 g/mol. The first kappa shape index (κ1) is 25.0. The van der Waals surface area contributed by atoms with Gasteiger partial charge in [0, 0.05) is 25.5 Å². The molecule has 0 fully saturated rings. The number of hydrogen-bond acceptors (Lipinski definition) is 5. The molecule has 9 heteroatoms. The molecular formula is C25H26F3N3O3. The van der Waals surface area contributed by atoms with E-state index in [-0.39, 0.29) is 0 Å². The molecule has 3 aromatic rings. The molecule has 0 aliphatic carbocycles. The standard InChI is InChI=1S/C25H26F3N3O3/c1-3-18-13-29-24(30-14-18)31(15-20-4-7-21(8-5-20)25(26,27)28)11-10-19-6-9-22(17(2)12-19)34-16-23(32)33/h4-9,12-14H,3,10-11,15-16H2,1-2H3,(H,32,33). The Labute approximate surface area is 196 Å². The van der Waals surface area contributed by atoms with Crippen LogP contribution in [-0.2, 0) is 30.4 Å². The average Bonchev–Trinajstić information content (AvgIpc) is 2.81. The molecule has 0 saturated carbocycles. The molecule has 180 valence electrons. The van der Waals surface area contributed by atoms with Crippen molar-refractivity contribution in [3.05, 3.63) is 82.7 Å². The summed E-state index contributed by atoms with van der Waals surface area (Å²) < 4.78 is 44.0. The molecule has 0 amide bonds. The monoisotopic (exact) mass is 473 g/mol. The summed E-state index contributed by atoms with van der Waals surface area (Å²) in [6, 6.07) is 10.6. The van der Waals surface area contributed by atoms with E-state index in [0.29, 0.717) is 36.8 Å². The second-order valence-electron chi connectivity index (χ2n) is 7.89. The molecule has 1 N–H and O–H groups in total. The summed E-state index contributed by atoms with van der Waals surface area (Å²) in [5.74, 6) is -0.0436. The van der Waals surface area contributed by atoms with Crippen LogP contribution in [0.5, 0.6) is 5.75 Å². The molecule has 6 nitrogen and oxygen atoms in total. The zero-order valence-corrected chi connectivity index (χ0v) is 19.0. The second-order valence-corrected chi connectivity index (χ2v) is 7.89. The molecular weight excluding hydrogens is 447 g/mol. The van der Waals surface area contributed by atoms with E-state index in [9.17, 15) is 18.0 Å². The number of carboxylic acid groups (broad SMARTS) is 1. The Balaban J connectivity index is 1.76. The third-order valence-corrected chi connectivity index (χ3v) is 5.30. The number of rotatable bonds is 10. The zero-order chi connectivity index (χ0) is 24.7. The molecule has 0 saturated heterocycles. The van der Waals surface area contributed by atoms with Crippen LogP contribution in [0.3, 0.4) is 0 Å². The highest BCUT2D eigenvalue weighted by molar-refractivity contribution is 5.68. The van der Waals surface area contributed by atoms with Crippen LogP contribution in [0, 0.1) is 6.92 Å². The van der Waals surface area contributed by atoms with Gasteiger partial charge < -0.3 is 14.7 Å². The van der Waals surface area contributed by atoms with Gasteiger partial charge in [-0.25, -0.2) is 14.8 Å². The molecule has 0 atom stereocenters. The number of aryl methyl sites for hydroxylation is 2. The van der Waals surface area contributed by atoms with Crippen molar-refractivity contribution in [3.8, 4) is 5.75 Å². The first-order chi connectivity index (χ1) is 16.2. The van der Waals surface area contributed by atoms with Gasteiger partial charge in [0.05, 0.1) is 5.56 Å². The summed E-state index contributed by atoms with van der Waals surface area (Å²) in [4.78, 5) is 21.5. The number of ether oxygens (including phenoxy) is 1. The van der Waals surface area contributed by atoms with Gasteiger partial charge >= 0.3 is 12.1 Å². The van der Waals surface area contributed by atoms with Crippen LogP contribution in [0.25, 0.3) is 0 Å². The van der Waals surface area contributed by atoms with Gasteiger partial charge in [-0.05, 0) is 60.2 Å². The molecule has 2 aromatic carbocycles. The van der Waals surface area contributed by atoms with Crippen LogP contribution in [0.2, 0.25) is 0 Å². The number of halogens is 3. The number of aliphatic carboxylic acids is 1. The van der Waals surface area contributed by atoms with Crippen LogP contribution >= 0.6 is 0 Å². The van der Waals surface area contributed by atoms with Gasteiger partial charge in [0.2, 0.25) is 5.95 Å². The molecule has 0 radical (unpaired) electrons. The SMILES string of the molecule is CCc1cnc(N(CCc2ccc(OCC(=O)O)c(C)c2)Cc2ccc(C(F)(F)F)cc2)nc1. The Morgan fingerprint density at radius 2 is 1.68 bits per heavy atom. The maximum atomic E-state index is 12.9. The number of aromatic nitrogens is 2. The van der Waals surface area contributed by atoms with E-state index in [4.69, 9.17) is 9.84 Å². The van der Waals surface area contributed by atoms with Crippen molar-refractivity contribution in [2.24, 2.45) is 0 Å². The number of anilines is 1. The lowest BCUT2D eigenvalue weighted by atomic mass is 10.1. The van der Waals surface area contributed by atoms with Crippen molar-refractivity contribution in [3.63, 3.8) is 0 Å². The van der Waals surface area contributed by atoms with Gasteiger partial charge in [0.25, 0.3) is 0 Å². The minimum absolute atomic E-state index is 0.350. The lowest BCUT2D eigenvalue weighted by Gasteiger charge is -2.23. The first-order valence-electron chi connectivity index (χ1n) is 10.8. The number of carboxylic acids is 1. The van der Waals surface area contributed by atoms with Crippen molar-refractivity contribution in [1.29, 1.82) is 0 Å². The lowest BCUT2D eigenvalue weighted by molar-refractivity contribution is -0.139. The number of carbonyl (C=O) groups is 1. The molecule has 1 aromatic heterocycles. The largest absolute Gasteiger partial charge is 0.482 e. The number of nitrogens with zero attached hydrogens (tertiary/aromatic N) is 3. The summed E-state index contributed by atoms with van der Waals surface area (Å²) in [6.07, 6.45) is 0.547. The number of hydrogen-bond donors (Lipinski definition) is 1. The molecule has 0 spiro atoms. The van der Waals surface area contributed by atoms with Gasteiger partial charge in [-0.15, -0.1) is 0 Å². The third kappa shape index (κ3) is 6.94. The topological polar surface area (TPSA) is 75.6 Å². The highest BCUT2D eigenvalue weighted by Gasteiger charge is 2.30. The Kier molecular flexibility index (Phi) is 8.09. The first-order valence-corrected chi connectivity index (χ1v) is 10.8. The van der Waals surface area contributed by atoms with Gasteiger partial charge in [-0.2, -0.15) is 13.2 Å². The Morgan fingerprint density at radius 3 is 2.24 bits per heavy atom. The Hall–Kier alpha value is -3.62. The van der Waals surface area contributed by atoms with Gasteiger partial charge in [-0.1, -0.05) is 31.2 Å². The maximum Gasteiger partial charge on any atom is 0.416 e. The smallest absolute Gasteiger partial charge is 0.416 e. The summed E-state index contributed by atoms with van der Waals surface area (Å²) in [6.45, 7) is 4.31. The molecule has 0 unspecified atom stereocenters. The summed E-state index contributed by atoms with van der Waals surface area (Å²) in [5.41, 5.74) is 2.84. The zero-order valence-electron chi connectivity index (χ0n) is 19.0. The van der Waals surface area contributed by atoms with Crippen LogP contribution in [-0.4, -0.2) is 34.2 Å². The highest BCUT2D eigenvalue weighted by atomic mass is 19.4. The maximum absolute atomic E-state index is 12.9. The van der Waals surface area contributed by atoms with Gasteiger partial charge in [0.15, 0.2) is 6.61 Å². The van der Waals surface area contributed by atoms with E-state index >= 15 is 0 Å². The van der Waals surface area contributed by atoms with E-state index in [1.807, 2.05) is 30.9 Å². The van der Waals surface area contributed by atoms with Crippen molar-refractivity contribution >= 4 is 11.9 Å². The summed E-state index contributed by atoms with van der Waals surface area (Å²) in [5, 5.41) is 8.78. The van der Waals surface area contributed by atoms with E-state index < -0.39 is 24.3 Å². The normalized spacial score (nSPS) is 11.3. The fourth-order valence-electron chi connectivity index (χ4n) is 3.40. The van der Waals surface area contributed by atoms with Crippen molar-refractivity contribution in [2.45, 2.75) is 39.4 Å². The van der Waals surface area contributed by atoms with Crippen LogP contribution in [0.15, 0.2) is 54.9 Å². The Morgan fingerprint density at radius 1 is 1.03 bits per heavy atom. The van der Waals surface area contributed by atoms with Crippen LogP contribution < -0.4 is 9.64 Å². The molecule has 1 heterocycles. The highest BCUT2D eigenvalue weighted by Crippen LogP contribution is 2.29. The fourth-order valence-corrected chi connectivity index (χ4v) is 3.40. The Bertz CT molecular complexity index is 1100. The number of alkyl halides is 3. The molecule has 3 rings (SSSR count). The number of benzene rings is 2. The van der Waals surface area contributed by atoms with Crippen molar-refractivity contribution < 1.29 is 27.8 Å². The second kappa shape index (κ2) is 11.0.